The second-order valence-electron chi connectivity index (χ2n) is 3.97. The molecule has 2 rings (SSSR count). The molecule has 1 amide bonds. The van der Waals surface area contributed by atoms with Crippen molar-refractivity contribution in [2.75, 3.05) is 6.54 Å². The molecule has 1 atom stereocenters. The van der Waals surface area contributed by atoms with Gasteiger partial charge >= 0.3 is 0 Å². The molecule has 0 spiro atoms. The van der Waals surface area contributed by atoms with Gasteiger partial charge < -0.3 is 10.1 Å². The van der Waals surface area contributed by atoms with Gasteiger partial charge in [-0.1, -0.05) is 30.3 Å². The molecular weight excluding hydrogens is 190 g/mol. The number of rotatable bonds is 3. The number of hydrogen-bond acceptors (Lipinski definition) is 2. The number of aldehydes is 1. The summed E-state index contributed by atoms with van der Waals surface area (Å²) in [7, 11) is 0. The number of carbonyl (C=O) groups excluding carboxylic acids is 2. The Morgan fingerprint density at radius 2 is 2.07 bits per heavy atom. The number of amides is 1. The van der Waals surface area contributed by atoms with E-state index in [0.717, 1.165) is 11.8 Å². The first-order valence-electron chi connectivity index (χ1n) is 5.03. The zero-order valence-electron chi connectivity index (χ0n) is 8.40. The topological polar surface area (TPSA) is 46.2 Å². The Morgan fingerprint density at radius 1 is 1.33 bits per heavy atom. The van der Waals surface area contributed by atoms with Crippen LogP contribution in [0.3, 0.4) is 0 Å². The summed E-state index contributed by atoms with van der Waals surface area (Å²) in [5.41, 5.74) is 0.746. The predicted octanol–water partition coefficient (Wildman–Crippen LogP) is 1.03. The van der Waals surface area contributed by atoms with E-state index in [-0.39, 0.29) is 11.3 Å². The van der Waals surface area contributed by atoms with Crippen molar-refractivity contribution in [1.82, 2.24) is 5.32 Å². The van der Waals surface area contributed by atoms with Gasteiger partial charge in [-0.15, -0.1) is 0 Å². The van der Waals surface area contributed by atoms with E-state index in [0.29, 0.717) is 19.4 Å². The minimum absolute atomic E-state index is 0.0284. The Morgan fingerprint density at radius 3 is 2.60 bits per heavy atom. The van der Waals surface area contributed by atoms with Crippen molar-refractivity contribution in [3.05, 3.63) is 35.9 Å². The third-order valence-corrected chi connectivity index (χ3v) is 2.98. The van der Waals surface area contributed by atoms with Crippen LogP contribution < -0.4 is 5.32 Å². The second-order valence-corrected chi connectivity index (χ2v) is 3.97. The van der Waals surface area contributed by atoms with Crippen LogP contribution in [0.4, 0.5) is 0 Å². The highest BCUT2D eigenvalue weighted by Gasteiger charge is 2.39. The normalized spacial score (nSPS) is 24.9. The number of hydrogen-bond donors (Lipinski definition) is 1. The zero-order valence-corrected chi connectivity index (χ0v) is 8.40. The monoisotopic (exact) mass is 203 g/mol. The van der Waals surface area contributed by atoms with Gasteiger partial charge in [0.25, 0.3) is 0 Å². The molecule has 0 aliphatic carbocycles. The lowest BCUT2D eigenvalue weighted by Gasteiger charge is -2.25. The first kappa shape index (κ1) is 9.90. The van der Waals surface area contributed by atoms with Gasteiger partial charge in [0.05, 0.1) is 0 Å². The van der Waals surface area contributed by atoms with Crippen LogP contribution in [-0.4, -0.2) is 18.7 Å². The molecule has 78 valence electrons. The molecule has 0 saturated carbocycles. The van der Waals surface area contributed by atoms with Gasteiger partial charge in [-0.3, -0.25) is 4.79 Å². The second kappa shape index (κ2) is 3.85. The van der Waals surface area contributed by atoms with Crippen molar-refractivity contribution >= 4 is 12.2 Å². The SMILES string of the molecule is O=CCC1(c2ccccc2)CNC(=O)C1. The minimum Gasteiger partial charge on any atom is -0.355 e. The maximum atomic E-state index is 11.3. The third kappa shape index (κ3) is 1.77. The molecule has 1 N–H and O–H groups in total. The molecule has 3 nitrogen and oxygen atoms in total. The van der Waals surface area contributed by atoms with Crippen molar-refractivity contribution < 1.29 is 9.59 Å². The van der Waals surface area contributed by atoms with Crippen molar-refractivity contribution in [2.45, 2.75) is 18.3 Å². The molecule has 1 unspecified atom stereocenters. The van der Waals surface area contributed by atoms with Crippen molar-refractivity contribution in [1.29, 1.82) is 0 Å². The molecule has 1 aliphatic heterocycles. The molecular formula is C12H13NO2. The van der Waals surface area contributed by atoms with E-state index in [1.165, 1.54) is 0 Å². The Kier molecular flexibility index (Phi) is 2.54. The number of nitrogens with one attached hydrogen (secondary N) is 1. The molecule has 3 heteroatoms. The highest BCUT2D eigenvalue weighted by Crippen LogP contribution is 2.33. The highest BCUT2D eigenvalue weighted by atomic mass is 16.2. The summed E-state index contributed by atoms with van der Waals surface area (Å²) in [6.07, 6.45) is 1.71. The summed E-state index contributed by atoms with van der Waals surface area (Å²) in [4.78, 5) is 22.0. The molecule has 0 radical (unpaired) electrons. The van der Waals surface area contributed by atoms with Crippen molar-refractivity contribution in [3.63, 3.8) is 0 Å². The van der Waals surface area contributed by atoms with Crippen LogP contribution in [0, 0.1) is 0 Å². The zero-order chi connectivity index (χ0) is 10.7. The summed E-state index contributed by atoms with van der Waals surface area (Å²) in [5.74, 6) is 0.0284. The van der Waals surface area contributed by atoms with Gasteiger partial charge in [0.15, 0.2) is 0 Å². The Bertz CT molecular complexity index is 374. The molecule has 1 fully saturated rings. The standard InChI is InChI=1S/C12H13NO2/c14-7-6-12(8-11(15)13-9-12)10-4-2-1-3-5-10/h1-5,7H,6,8-9H2,(H,13,15). The van der Waals surface area contributed by atoms with Gasteiger partial charge in [-0.25, -0.2) is 0 Å². The van der Waals surface area contributed by atoms with E-state index in [1.54, 1.807) is 0 Å². The van der Waals surface area contributed by atoms with Crippen LogP contribution >= 0.6 is 0 Å². The van der Waals surface area contributed by atoms with Crippen LogP contribution in [0.5, 0.6) is 0 Å². The minimum atomic E-state index is -0.319. The van der Waals surface area contributed by atoms with Crippen molar-refractivity contribution in [2.24, 2.45) is 0 Å². The summed E-state index contributed by atoms with van der Waals surface area (Å²) in [5, 5.41) is 2.80. The lowest BCUT2D eigenvalue weighted by molar-refractivity contribution is -0.119. The van der Waals surface area contributed by atoms with Gasteiger partial charge in [0.2, 0.25) is 5.91 Å². The van der Waals surface area contributed by atoms with E-state index in [2.05, 4.69) is 5.32 Å². The third-order valence-electron chi connectivity index (χ3n) is 2.98. The Hall–Kier alpha value is -1.64. The molecule has 1 aliphatic rings. The molecule has 1 aromatic carbocycles. The number of benzene rings is 1. The first-order chi connectivity index (χ1) is 7.27. The van der Waals surface area contributed by atoms with E-state index in [1.807, 2.05) is 30.3 Å². The molecule has 1 aromatic rings. The van der Waals surface area contributed by atoms with E-state index >= 15 is 0 Å². The first-order valence-corrected chi connectivity index (χ1v) is 5.03. The molecule has 0 bridgehead atoms. The number of carbonyl (C=O) groups is 2. The smallest absolute Gasteiger partial charge is 0.221 e. The van der Waals surface area contributed by atoms with Gasteiger partial charge in [0.1, 0.15) is 6.29 Å². The summed E-state index contributed by atoms with van der Waals surface area (Å²) < 4.78 is 0. The maximum Gasteiger partial charge on any atom is 0.221 e. The molecule has 0 aromatic heterocycles. The van der Waals surface area contributed by atoms with Crippen LogP contribution in [-0.2, 0) is 15.0 Å². The lowest BCUT2D eigenvalue weighted by Crippen LogP contribution is -2.29. The Balaban J connectivity index is 2.35. The quantitative estimate of drug-likeness (QED) is 0.746. The maximum absolute atomic E-state index is 11.3. The predicted molar refractivity (Wildman–Crippen MR) is 56.4 cm³/mol. The van der Waals surface area contributed by atoms with Crippen molar-refractivity contribution in [3.8, 4) is 0 Å². The summed E-state index contributed by atoms with van der Waals surface area (Å²) >= 11 is 0. The van der Waals surface area contributed by atoms with Crippen LogP contribution in [0.1, 0.15) is 18.4 Å². The average Bonchev–Trinajstić information content (AvgIpc) is 2.63. The van der Waals surface area contributed by atoms with Crippen LogP contribution in [0.15, 0.2) is 30.3 Å². The highest BCUT2D eigenvalue weighted by molar-refractivity contribution is 5.81. The largest absolute Gasteiger partial charge is 0.355 e. The van der Waals surface area contributed by atoms with E-state index < -0.39 is 0 Å². The van der Waals surface area contributed by atoms with Gasteiger partial charge in [-0.05, 0) is 5.56 Å². The fourth-order valence-electron chi connectivity index (χ4n) is 2.12. The van der Waals surface area contributed by atoms with E-state index in [4.69, 9.17) is 0 Å². The van der Waals surface area contributed by atoms with Gasteiger partial charge in [0, 0.05) is 24.8 Å². The Labute approximate surface area is 88.5 Å². The van der Waals surface area contributed by atoms with Crippen LogP contribution in [0.25, 0.3) is 0 Å². The van der Waals surface area contributed by atoms with E-state index in [9.17, 15) is 9.59 Å². The fourth-order valence-corrected chi connectivity index (χ4v) is 2.12. The fraction of sp³-hybridized carbons (Fsp3) is 0.333. The summed E-state index contributed by atoms with van der Waals surface area (Å²) in [6, 6.07) is 9.76. The molecule has 1 heterocycles. The lowest BCUT2D eigenvalue weighted by atomic mass is 9.77. The average molecular weight is 203 g/mol. The molecule has 15 heavy (non-hydrogen) atoms. The van der Waals surface area contributed by atoms with Gasteiger partial charge in [-0.2, -0.15) is 0 Å². The van der Waals surface area contributed by atoms with Crippen LogP contribution in [0.2, 0.25) is 0 Å². The summed E-state index contributed by atoms with van der Waals surface area (Å²) in [6.45, 7) is 0.564. The molecule has 1 saturated heterocycles.